The molecular formula is C16H22F2N2. The third kappa shape index (κ3) is 2.59. The Hall–Kier alpha value is -1.00. The Labute approximate surface area is 119 Å². The van der Waals surface area contributed by atoms with Gasteiger partial charge in [-0.15, -0.1) is 0 Å². The predicted octanol–water partition coefficient (Wildman–Crippen LogP) is 2.93. The quantitative estimate of drug-likeness (QED) is 0.916. The number of nitrogens with zero attached hydrogens (tertiary/aromatic N) is 1. The summed E-state index contributed by atoms with van der Waals surface area (Å²) in [5, 5.41) is 3.53. The van der Waals surface area contributed by atoms with Crippen LogP contribution in [0.15, 0.2) is 18.2 Å². The number of rotatable bonds is 3. The minimum absolute atomic E-state index is 0.0608. The van der Waals surface area contributed by atoms with E-state index in [1.165, 1.54) is 31.0 Å². The molecule has 1 aromatic rings. The molecule has 0 bridgehead atoms. The fraction of sp³-hybridized carbons (Fsp3) is 0.625. The zero-order chi connectivity index (χ0) is 14.3. The van der Waals surface area contributed by atoms with Crippen LogP contribution in [0.3, 0.4) is 0 Å². The third-order valence-electron chi connectivity index (χ3n) is 4.85. The molecule has 1 N–H and O–H groups in total. The topological polar surface area (TPSA) is 15.3 Å². The van der Waals surface area contributed by atoms with E-state index in [-0.39, 0.29) is 17.2 Å². The lowest BCUT2D eigenvalue weighted by atomic mass is 9.89. The first-order chi connectivity index (χ1) is 9.49. The summed E-state index contributed by atoms with van der Waals surface area (Å²) >= 11 is 0. The summed E-state index contributed by atoms with van der Waals surface area (Å²) in [6.45, 7) is 6.68. The molecule has 2 nitrogen and oxygen atoms in total. The lowest BCUT2D eigenvalue weighted by Crippen LogP contribution is -2.63. The summed E-state index contributed by atoms with van der Waals surface area (Å²) in [5.41, 5.74) is 0.525. The van der Waals surface area contributed by atoms with Crippen molar-refractivity contribution in [2.45, 2.75) is 44.8 Å². The van der Waals surface area contributed by atoms with E-state index in [1.54, 1.807) is 0 Å². The molecule has 0 radical (unpaired) electrons. The van der Waals surface area contributed by atoms with Crippen LogP contribution in [0.25, 0.3) is 0 Å². The van der Waals surface area contributed by atoms with Crippen molar-refractivity contribution in [2.75, 3.05) is 13.1 Å². The van der Waals surface area contributed by atoms with Crippen LogP contribution in [-0.2, 0) is 6.54 Å². The minimum Gasteiger partial charge on any atom is -0.311 e. The predicted molar refractivity (Wildman–Crippen MR) is 75.4 cm³/mol. The summed E-state index contributed by atoms with van der Waals surface area (Å²) < 4.78 is 27.2. The van der Waals surface area contributed by atoms with Gasteiger partial charge in [-0.3, -0.25) is 4.90 Å². The highest BCUT2D eigenvalue weighted by atomic mass is 19.1. The van der Waals surface area contributed by atoms with Crippen molar-refractivity contribution < 1.29 is 8.78 Å². The Morgan fingerprint density at radius 1 is 1.35 bits per heavy atom. The van der Waals surface area contributed by atoms with Gasteiger partial charge in [0.25, 0.3) is 0 Å². The number of hydrogen-bond donors (Lipinski definition) is 1. The smallest absolute Gasteiger partial charge is 0.127 e. The van der Waals surface area contributed by atoms with Crippen LogP contribution in [0.1, 0.15) is 32.3 Å². The lowest BCUT2D eigenvalue weighted by molar-refractivity contribution is 0.0303. The second-order valence-electron chi connectivity index (χ2n) is 6.53. The second-order valence-corrected chi connectivity index (χ2v) is 6.53. The van der Waals surface area contributed by atoms with E-state index in [9.17, 15) is 8.78 Å². The van der Waals surface area contributed by atoms with Gasteiger partial charge in [-0.1, -0.05) is 0 Å². The van der Waals surface area contributed by atoms with Crippen molar-refractivity contribution in [2.24, 2.45) is 5.92 Å². The molecule has 1 aromatic carbocycles. The number of nitrogens with one attached hydrogen (secondary N) is 1. The van der Waals surface area contributed by atoms with Gasteiger partial charge in [0.1, 0.15) is 11.6 Å². The van der Waals surface area contributed by atoms with Gasteiger partial charge in [-0.25, -0.2) is 8.78 Å². The van der Waals surface area contributed by atoms with Crippen LogP contribution in [0.5, 0.6) is 0 Å². The molecule has 2 unspecified atom stereocenters. The molecule has 0 spiro atoms. The van der Waals surface area contributed by atoms with Crippen molar-refractivity contribution in [3.63, 3.8) is 0 Å². The highest BCUT2D eigenvalue weighted by Crippen LogP contribution is 2.44. The minimum atomic E-state index is -0.363. The number of hydrogen-bond acceptors (Lipinski definition) is 2. The van der Waals surface area contributed by atoms with E-state index < -0.39 is 0 Å². The maximum absolute atomic E-state index is 13.9. The van der Waals surface area contributed by atoms with E-state index in [4.69, 9.17) is 0 Å². The van der Waals surface area contributed by atoms with Gasteiger partial charge in [-0.05, 0) is 50.8 Å². The van der Waals surface area contributed by atoms with Crippen molar-refractivity contribution in [3.8, 4) is 0 Å². The van der Waals surface area contributed by atoms with E-state index in [0.29, 0.717) is 24.1 Å². The number of halogens is 2. The van der Waals surface area contributed by atoms with Gasteiger partial charge in [-0.2, -0.15) is 0 Å². The summed E-state index contributed by atoms with van der Waals surface area (Å²) in [4.78, 5) is 2.34. The fourth-order valence-corrected chi connectivity index (χ4v) is 3.32. The van der Waals surface area contributed by atoms with Crippen LogP contribution in [0.4, 0.5) is 8.78 Å². The van der Waals surface area contributed by atoms with Gasteiger partial charge in [0.2, 0.25) is 0 Å². The molecule has 1 saturated heterocycles. The van der Waals surface area contributed by atoms with E-state index >= 15 is 0 Å². The molecule has 0 amide bonds. The highest BCUT2D eigenvalue weighted by Gasteiger charge is 2.47. The summed E-state index contributed by atoms with van der Waals surface area (Å²) in [5.74, 6) is 0.00700. The van der Waals surface area contributed by atoms with Crippen molar-refractivity contribution >= 4 is 0 Å². The summed E-state index contributed by atoms with van der Waals surface area (Å²) in [6.07, 6.45) is 2.49. The molecule has 1 aliphatic carbocycles. The average Bonchev–Trinajstić information content (AvgIpc) is 3.23. The Morgan fingerprint density at radius 2 is 2.10 bits per heavy atom. The maximum atomic E-state index is 13.9. The zero-order valence-corrected chi connectivity index (χ0v) is 12.1. The maximum Gasteiger partial charge on any atom is 0.127 e. The van der Waals surface area contributed by atoms with Crippen LogP contribution in [0.2, 0.25) is 0 Å². The Morgan fingerprint density at radius 3 is 2.80 bits per heavy atom. The molecular weight excluding hydrogens is 258 g/mol. The van der Waals surface area contributed by atoms with Gasteiger partial charge in [0, 0.05) is 36.8 Å². The molecule has 1 saturated carbocycles. The molecule has 2 aliphatic rings. The molecule has 3 rings (SSSR count). The molecule has 0 aromatic heterocycles. The van der Waals surface area contributed by atoms with Crippen LogP contribution >= 0.6 is 0 Å². The van der Waals surface area contributed by atoms with Crippen LogP contribution < -0.4 is 5.32 Å². The normalized spacial score (nSPS) is 31.5. The number of piperazine rings is 1. The number of benzene rings is 1. The Kier molecular flexibility index (Phi) is 3.55. The van der Waals surface area contributed by atoms with Crippen LogP contribution in [-0.4, -0.2) is 29.6 Å². The summed E-state index contributed by atoms with van der Waals surface area (Å²) in [7, 11) is 0. The molecule has 4 heteroatoms. The summed E-state index contributed by atoms with van der Waals surface area (Å²) in [6, 6.07) is 4.12. The SMILES string of the molecule is CC1CN(Cc2cc(F)ccc2F)C(C)(C2CC2)CN1. The Balaban J connectivity index is 1.84. The molecule has 1 aliphatic heterocycles. The van der Waals surface area contributed by atoms with Gasteiger partial charge in [0.05, 0.1) is 0 Å². The highest BCUT2D eigenvalue weighted by molar-refractivity contribution is 5.20. The Bertz CT molecular complexity index is 501. The van der Waals surface area contributed by atoms with Gasteiger partial charge < -0.3 is 5.32 Å². The third-order valence-corrected chi connectivity index (χ3v) is 4.85. The van der Waals surface area contributed by atoms with E-state index in [2.05, 4.69) is 24.1 Å². The second kappa shape index (κ2) is 5.08. The monoisotopic (exact) mass is 280 g/mol. The van der Waals surface area contributed by atoms with E-state index in [0.717, 1.165) is 13.1 Å². The van der Waals surface area contributed by atoms with E-state index in [1.807, 2.05) is 0 Å². The zero-order valence-electron chi connectivity index (χ0n) is 12.1. The van der Waals surface area contributed by atoms with Gasteiger partial charge >= 0.3 is 0 Å². The van der Waals surface area contributed by atoms with Crippen molar-refractivity contribution in [3.05, 3.63) is 35.4 Å². The van der Waals surface area contributed by atoms with Crippen molar-refractivity contribution in [1.29, 1.82) is 0 Å². The largest absolute Gasteiger partial charge is 0.311 e. The van der Waals surface area contributed by atoms with Gasteiger partial charge in [0.15, 0.2) is 0 Å². The molecule has 20 heavy (non-hydrogen) atoms. The molecule has 110 valence electrons. The first-order valence-electron chi connectivity index (χ1n) is 7.41. The first kappa shape index (κ1) is 14.0. The molecule has 2 fully saturated rings. The first-order valence-corrected chi connectivity index (χ1v) is 7.41. The average molecular weight is 280 g/mol. The standard InChI is InChI=1S/C16H22F2N2/c1-11-8-20(16(2,10-19-11)13-3-4-13)9-12-7-14(17)5-6-15(12)18/h5-7,11,13,19H,3-4,8-10H2,1-2H3. The fourth-order valence-electron chi connectivity index (χ4n) is 3.32. The molecule has 1 heterocycles. The molecule has 2 atom stereocenters. The lowest BCUT2D eigenvalue weighted by Gasteiger charge is -2.48. The van der Waals surface area contributed by atoms with Crippen molar-refractivity contribution in [1.82, 2.24) is 10.2 Å². The van der Waals surface area contributed by atoms with Crippen LogP contribution in [0, 0.1) is 17.6 Å².